The molecule has 1 aromatic heterocycles. The van der Waals surface area contributed by atoms with Crippen molar-refractivity contribution >= 4 is 17.7 Å². The predicted molar refractivity (Wildman–Crippen MR) is 70.2 cm³/mol. The lowest BCUT2D eigenvalue weighted by atomic mass is 10.0. The SMILES string of the molecule is CC(=O)NC1CCN(c2nccc(C(=O)O)c2F)CC1. The molecule has 1 fully saturated rings. The second kappa shape index (κ2) is 5.85. The summed E-state index contributed by atoms with van der Waals surface area (Å²) in [4.78, 5) is 27.5. The highest BCUT2D eigenvalue weighted by molar-refractivity contribution is 5.88. The van der Waals surface area contributed by atoms with Crippen LogP contribution in [0.3, 0.4) is 0 Å². The molecule has 2 heterocycles. The van der Waals surface area contributed by atoms with E-state index in [1.165, 1.54) is 13.1 Å². The van der Waals surface area contributed by atoms with E-state index in [1.807, 2.05) is 0 Å². The number of nitrogens with one attached hydrogen (secondary N) is 1. The van der Waals surface area contributed by atoms with Gasteiger partial charge in [-0.1, -0.05) is 0 Å². The maximum Gasteiger partial charge on any atom is 0.338 e. The Labute approximate surface area is 115 Å². The first kappa shape index (κ1) is 14.2. The van der Waals surface area contributed by atoms with Gasteiger partial charge in [0.1, 0.15) is 5.56 Å². The summed E-state index contributed by atoms with van der Waals surface area (Å²) in [5.41, 5.74) is -0.376. The lowest BCUT2D eigenvalue weighted by Crippen LogP contribution is -2.44. The van der Waals surface area contributed by atoms with E-state index in [2.05, 4.69) is 10.3 Å². The Morgan fingerprint density at radius 2 is 2.10 bits per heavy atom. The van der Waals surface area contributed by atoms with Crippen molar-refractivity contribution in [2.24, 2.45) is 0 Å². The van der Waals surface area contributed by atoms with Crippen molar-refractivity contribution in [1.82, 2.24) is 10.3 Å². The van der Waals surface area contributed by atoms with E-state index in [4.69, 9.17) is 5.11 Å². The average Bonchev–Trinajstić information content (AvgIpc) is 2.39. The molecule has 0 spiro atoms. The maximum absolute atomic E-state index is 14.1. The fourth-order valence-electron chi connectivity index (χ4n) is 2.34. The van der Waals surface area contributed by atoms with Gasteiger partial charge in [0, 0.05) is 32.3 Å². The van der Waals surface area contributed by atoms with Crippen LogP contribution >= 0.6 is 0 Å². The second-order valence-corrected chi connectivity index (χ2v) is 4.76. The third-order valence-electron chi connectivity index (χ3n) is 3.30. The van der Waals surface area contributed by atoms with Crippen LogP contribution in [0.2, 0.25) is 0 Å². The summed E-state index contributed by atoms with van der Waals surface area (Å²) < 4.78 is 14.1. The first-order chi connectivity index (χ1) is 9.49. The minimum absolute atomic E-state index is 0.0613. The number of carboxylic acids is 1. The summed E-state index contributed by atoms with van der Waals surface area (Å²) in [5.74, 6) is -2.14. The fraction of sp³-hybridized carbons (Fsp3) is 0.462. The van der Waals surface area contributed by atoms with Gasteiger partial charge in [-0.05, 0) is 18.9 Å². The molecule has 0 unspecified atom stereocenters. The molecule has 7 heteroatoms. The van der Waals surface area contributed by atoms with Crippen molar-refractivity contribution in [3.8, 4) is 0 Å². The number of rotatable bonds is 3. The van der Waals surface area contributed by atoms with Gasteiger partial charge in [-0.3, -0.25) is 4.79 Å². The number of aromatic nitrogens is 1. The fourth-order valence-corrected chi connectivity index (χ4v) is 2.34. The molecule has 0 aliphatic carbocycles. The molecule has 1 amide bonds. The number of nitrogens with zero attached hydrogens (tertiary/aromatic N) is 2. The smallest absolute Gasteiger partial charge is 0.338 e. The van der Waals surface area contributed by atoms with Crippen molar-refractivity contribution in [1.29, 1.82) is 0 Å². The van der Waals surface area contributed by atoms with Crippen LogP contribution in [-0.4, -0.2) is 41.1 Å². The molecule has 0 atom stereocenters. The van der Waals surface area contributed by atoms with Crippen LogP contribution in [0, 0.1) is 5.82 Å². The van der Waals surface area contributed by atoms with Crippen molar-refractivity contribution in [3.63, 3.8) is 0 Å². The summed E-state index contributed by atoms with van der Waals surface area (Å²) in [6, 6.07) is 1.22. The lowest BCUT2D eigenvalue weighted by Gasteiger charge is -2.33. The first-order valence-electron chi connectivity index (χ1n) is 6.39. The van der Waals surface area contributed by atoms with Crippen LogP contribution in [0.15, 0.2) is 12.3 Å². The maximum atomic E-state index is 14.1. The number of carbonyl (C=O) groups is 2. The molecule has 0 radical (unpaired) electrons. The van der Waals surface area contributed by atoms with E-state index in [9.17, 15) is 14.0 Å². The molecular formula is C13H16FN3O3. The molecule has 0 aromatic carbocycles. The van der Waals surface area contributed by atoms with Crippen LogP contribution in [0.5, 0.6) is 0 Å². The van der Waals surface area contributed by atoms with E-state index >= 15 is 0 Å². The summed E-state index contributed by atoms with van der Waals surface area (Å²) in [5, 5.41) is 11.7. The zero-order valence-corrected chi connectivity index (χ0v) is 11.1. The van der Waals surface area contributed by atoms with Crippen molar-refractivity contribution in [3.05, 3.63) is 23.6 Å². The number of hydrogen-bond acceptors (Lipinski definition) is 4. The van der Waals surface area contributed by atoms with Gasteiger partial charge >= 0.3 is 5.97 Å². The van der Waals surface area contributed by atoms with Crippen LogP contribution in [0.1, 0.15) is 30.1 Å². The molecule has 2 N–H and O–H groups in total. The number of anilines is 1. The van der Waals surface area contributed by atoms with Crippen LogP contribution in [0.25, 0.3) is 0 Å². The molecule has 6 nitrogen and oxygen atoms in total. The van der Waals surface area contributed by atoms with E-state index in [-0.39, 0.29) is 23.3 Å². The third kappa shape index (κ3) is 3.04. The monoisotopic (exact) mass is 281 g/mol. The van der Waals surface area contributed by atoms with E-state index < -0.39 is 11.8 Å². The first-order valence-corrected chi connectivity index (χ1v) is 6.39. The Balaban J connectivity index is 2.09. The Morgan fingerprint density at radius 3 is 2.65 bits per heavy atom. The zero-order chi connectivity index (χ0) is 14.7. The number of halogens is 1. The largest absolute Gasteiger partial charge is 0.478 e. The number of hydrogen-bond donors (Lipinski definition) is 2. The molecule has 20 heavy (non-hydrogen) atoms. The van der Waals surface area contributed by atoms with Crippen molar-refractivity contribution in [2.45, 2.75) is 25.8 Å². The third-order valence-corrected chi connectivity index (χ3v) is 3.30. The van der Waals surface area contributed by atoms with E-state index in [1.54, 1.807) is 4.90 Å². The second-order valence-electron chi connectivity index (χ2n) is 4.76. The molecule has 0 saturated carbocycles. The predicted octanol–water partition coefficient (Wildman–Crippen LogP) is 1.02. The Kier molecular flexibility index (Phi) is 4.16. The summed E-state index contributed by atoms with van der Waals surface area (Å²) in [7, 11) is 0. The molecule has 1 aliphatic heterocycles. The molecule has 2 rings (SSSR count). The number of piperidine rings is 1. The van der Waals surface area contributed by atoms with E-state index in [0.717, 1.165) is 6.07 Å². The Bertz CT molecular complexity index is 528. The van der Waals surface area contributed by atoms with Gasteiger partial charge in [0.05, 0.1) is 0 Å². The van der Waals surface area contributed by atoms with Crippen LogP contribution < -0.4 is 10.2 Å². The van der Waals surface area contributed by atoms with E-state index in [0.29, 0.717) is 25.9 Å². The molecule has 1 aromatic rings. The van der Waals surface area contributed by atoms with Crippen molar-refractivity contribution in [2.75, 3.05) is 18.0 Å². The van der Waals surface area contributed by atoms with Crippen LogP contribution in [-0.2, 0) is 4.79 Å². The number of pyridine rings is 1. The minimum atomic E-state index is -1.31. The average molecular weight is 281 g/mol. The van der Waals surface area contributed by atoms with Gasteiger partial charge in [-0.2, -0.15) is 0 Å². The van der Waals surface area contributed by atoms with Gasteiger partial charge in [0.2, 0.25) is 5.91 Å². The molecule has 1 aliphatic rings. The standard InChI is InChI=1S/C13H16FN3O3/c1-8(18)16-9-3-6-17(7-4-9)12-11(14)10(13(19)20)2-5-15-12/h2,5,9H,3-4,6-7H2,1H3,(H,16,18)(H,19,20). The highest BCUT2D eigenvalue weighted by atomic mass is 19.1. The molecule has 0 bridgehead atoms. The number of carbonyl (C=O) groups excluding carboxylic acids is 1. The van der Waals surface area contributed by atoms with Gasteiger partial charge < -0.3 is 15.3 Å². The highest BCUT2D eigenvalue weighted by Gasteiger charge is 2.24. The Morgan fingerprint density at radius 1 is 1.45 bits per heavy atom. The summed E-state index contributed by atoms with van der Waals surface area (Å²) >= 11 is 0. The summed E-state index contributed by atoms with van der Waals surface area (Å²) in [6.07, 6.45) is 2.65. The molecular weight excluding hydrogens is 265 g/mol. The van der Waals surface area contributed by atoms with Gasteiger partial charge in [0.15, 0.2) is 11.6 Å². The molecule has 1 saturated heterocycles. The van der Waals surface area contributed by atoms with Gasteiger partial charge in [-0.15, -0.1) is 0 Å². The molecule has 108 valence electrons. The minimum Gasteiger partial charge on any atom is -0.478 e. The van der Waals surface area contributed by atoms with Gasteiger partial charge in [0.25, 0.3) is 0 Å². The quantitative estimate of drug-likeness (QED) is 0.864. The number of aromatic carboxylic acids is 1. The number of amides is 1. The van der Waals surface area contributed by atoms with Gasteiger partial charge in [-0.25, -0.2) is 14.2 Å². The topological polar surface area (TPSA) is 82.5 Å². The van der Waals surface area contributed by atoms with Crippen molar-refractivity contribution < 1.29 is 19.1 Å². The zero-order valence-electron chi connectivity index (χ0n) is 11.1. The highest BCUT2D eigenvalue weighted by Crippen LogP contribution is 2.23. The normalized spacial score (nSPS) is 16.0. The lowest BCUT2D eigenvalue weighted by molar-refractivity contribution is -0.119. The summed E-state index contributed by atoms with van der Waals surface area (Å²) in [6.45, 7) is 2.51. The Hall–Kier alpha value is -2.18. The van der Waals surface area contributed by atoms with Crippen LogP contribution in [0.4, 0.5) is 10.2 Å². The number of carboxylic acid groups (broad SMARTS) is 1.